The summed E-state index contributed by atoms with van der Waals surface area (Å²) in [5, 5.41) is 0. The smallest absolute Gasteiger partial charge is 0.0250 e. The Kier molecular flexibility index (Phi) is 4.66. The maximum atomic E-state index is 6.40. The van der Waals surface area contributed by atoms with E-state index in [9.17, 15) is 0 Å². The Morgan fingerprint density at radius 2 is 1.56 bits per heavy atom. The number of likely N-dealkylation sites (tertiary alicyclic amines) is 1. The van der Waals surface area contributed by atoms with Crippen molar-refractivity contribution in [2.24, 2.45) is 5.73 Å². The van der Waals surface area contributed by atoms with E-state index in [4.69, 9.17) is 5.73 Å². The Balaban J connectivity index is 1.97. The van der Waals surface area contributed by atoms with Crippen LogP contribution in [0.25, 0.3) is 0 Å². The largest absolute Gasteiger partial charge is 0.326 e. The van der Waals surface area contributed by atoms with E-state index < -0.39 is 0 Å². The van der Waals surface area contributed by atoms with Crippen molar-refractivity contribution in [1.82, 2.24) is 4.90 Å². The average Bonchev–Trinajstić information content (AvgIpc) is 2.26. The predicted octanol–water partition coefficient (Wildman–Crippen LogP) is 2.91. The van der Waals surface area contributed by atoms with Gasteiger partial charge in [-0.2, -0.15) is 0 Å². The van der Waals surface area contributed by atoms with Gasteiger partial charge in [0.15, 0.2) is 0 Å². The van der Waals surface area contributed by atoms with E-state index in [-0.39, 0.29) is 0 Å². The molecular weight excluding hydrogens is 196 g/mol. The molecule has 0 spiro atoms. The summed E-state index contributed by atoms with van der Waals surface area (Å²) in [6.07, 6.45) is 12.3. The summed E-state index contributed by atoms with van der Waals surface area (Å²) in [6.45, 7) is 3.68. The van der Waals surface area contributed by atoms with Crippen molar-refractivity contribution in [1.29, 1.82) is 0 Å². The first kappa shape index (κ1) is 12.4. The fourth-order valence-corrected chi connectivity index (χ4v) is 3.52. The van der Waals surface area contributed by atoms with Gasteiger partial charge in [-0.05, 0) is 39.2 Å². The molecule has 0 aromatic carbocycles. The minimum Gasteiger partial charge on any atom is -0.326 e. The molecule has 0 radical (unpaired) electrons. The lowest BCUT2D eigenvalue weighted by Crippen LogP contribution is -2.53. The van der Waals surface area contributed by atoms with E-state index >= 15 is 0 Å². The maximum absolute atomic E-state index is 6.40. The highest BCUT2D eigenvalue weighted by Crippen LogP contribution is 2.26. The summed E-state index contributed by atoms with van der Waals surface area (Å²) in [5.74, 6) is 0. The van der Waals surface area contributed by atoms with Gasteiger partial charge in [0.2, 0.25) is 0 Å². The van der Waals surface area contributed by atoms with E-state index in [2.05, 4.69) is 11.8 Å². The minimum absolute atomic E-state index is 0.431. The fraction of sp³-hybridized carbons (Fsp3) is 1.00. The molecule has 1 heterocycles. The topological polar surface area (TPSA) is 29.3 Å². The molecule has 2 fully saturated rings. The van der Waals surface area contributed by atoms with Crippen molar-refractivity contribution < 1.29 is 0 Å². The van der Waals surface area contributed by atoms with Crippen LogP contribution in [-0.2, 0) is 0 Å². The molecule has 1 saturated carbocycles. The maximum Gasteiger partial charge on any atom is 0.0250 e. The third-order valence-corrected chi connectivity index (χ3v) is 4.56. The zero-order chi connectivity index (χ0) is 11.4. The lowest BCUT2D eigenvalue weighted by molar-refractivity contribution is 0.0769. The van der Waals surface area contributed by atoms with Gasteiger partial charge in [-0.25, -0.2) is 0 Å². The first-order valence-corrected chi connectivity index (χ1v) is 7.30. The zero-order valence-corrected chi connectivity index (χ0v) is 10.8. The molecule has 1 aliphatic heterocycles. The van der Waals surface area contributed by atoms with Crippen LogP contribution in [0.1, 0.15) is 64.7 Å². The quantitative estimate of drug-likeness (QED) is 0.742. The van der Waals surface area contributed by atoms with Gasteiger partial charge in [0, 0.05) is 18.1 Å². The Hall–Kier alpha value is -0.0800. The molecule has 0 aromatic rings. The van der Waals surface area contributed by atoms with Gasteiger partial charge in [0.25, 0.3) is 0 Å². The van der Waals surface area contributed by atoms with Crippen LogP contribution in [0.3, 0.4) is 0 Å². The van der Waals surface area contributed by atoms with Gasteiger partial charge in [-0.15, -0.1) is 0 Å². The van der Waals surface area contributed by atoms with Gasteiger partial charge >= 0.3 is 0 Å². The molecule has 0 aromatic heterocycles. The predicted molar refractivity (Wildman–Crippen MR) is 69.5 cm³/mol. The third-order valence-electron chi connectivity index (χ3n) is 4.56. The van der Waals surface area contributed by atoms with E-state index in [0.29, 0.717) is 12.1 Å². The molecule has 0 amide bonds. The molecule has 2 N–H and O–H groups in total. The van der Waals surface area contributed by atoms with Crippen LogP contribution < -0.4 is 5.73 Å². The number of nitrogens with two attached hydrogens (primary N) is 1. The van der Waals surface area contributed by atoms with Crippen molar-refractivity contribution in [3.8, 4) is 0 Å². The standard InChI is InChI=1S/C14H28N2/c1-12-8-6-7-11-16(12)14-10-5-3-2-4-9-13(14)15/h12-14H,2-11,15H2,1H3. The summed E-state index contributed by atoms with van der Waals surface area (Å²) in [7, 11) is 0. The lowest BCUT2D eigenvalue weighted by atomic mass is 9.89. The molecule has 2 aliphatic rings. The Morgan fingerprint density at radius 1 is 0.875 bits per heavy atom. The van der Waals surface area contributed by atoms with Crippen LogP contribution in [0.5, 0.6) is 0 Å². The number of nitrogens with zero attached hydrogens (tertiary/aromatic N) is 1. The SMILES string of the molecule is CC1CCCCN1C1CCCCCCC1N. The van der Waals surface area contributed by atoms with Crippen molar-refractivity contribution in [3.63, 3.8) is 0 Å². The third kappa shape index (κ3) is 2.98. The average molecular weight is 224 g/mol. The second kappa shape index (κ2) is 6.02. The Labute approximate surface area is 101 Å². The van der Waals surface area contributed by atoms with Gasteiger partial charge < -0.3 is 5.73 Å². The highest BCUT2D eigenvalue weighted by atomic mass is 15.2. The molecule has 16 heavy (non-hydrogen) atoms. The van der Waals surface area contributed by atoms with E-state index in [0.717, 1.165) is 6.04 Å². The summed E-state index contributed by atoms with van der Waals surface area (Å²) < 4.78 is 0. The van der Waals surface area contributed by atoms with Gasteiger partial charge in [-0.1, -0.05) is 32.1 Å². The van der Waals surface area contributed by atoms with Crippen LogP contribution in [0.2, 0.25) is 0 Å². The molecule has 3 atom stereocenters. The molecule has 3 unspecified atom stereocenters. The molecule has 1 aliphatic carbocycles. The summed E-state index contributed by atoms with van der Waals surface area (Å²) in [5.41, 5.74) is 6.40. The van der Waals surface area contributed by atoms with Gasteiger partial charge in [-0.3, -0.25) is 4.90 Å². The van der Waals surface area contributed by atoms with E-state index in [1.807, 2.05) is 0 Å². The molecule has 2 nitrogen and oxygen atoms in total. The Bertz CT molecular complexity index is 205. The first-order chi connectivity index (χ1) is 7.79. The van der Waals surface area contributed by atoms with Crippen molar-refractivity contribution in [2.75, 3.05) is 6.54 Å². The lowest BCUT2D eigenvalue weighted by Gasteiger charge is -2.43. The summed E-state index contributed by atoms with van der Waals surface area (Å²) in [4.78, 5) is 2.72. The molecule has 2 rings (SSSR count). The molecule has 2 heteroatoms. The molecule has 0 bridgehead atoms. The number of hydrogen-bond donors (Lipinski definition) is 1. The van der Waals surface area contributed by atoms with Crippen LogP contribution in [-0.4, -0.2) is 29.6 Å². The van der Waals surface area contributed by atoms with Gasteiger partial charge in [0.1, 0.15) is 0 Å². The fourth-order valence-electron chi connectivity index (χ4n) is 3.52. The monoisotopic (exact) mass is 224 g/mol. The summed E-state index contributed by atoms with van der Waals surface area (Å²) >= 11 is 0. The number of piperidine rings is 1. The van der Waals surface area contributed by atoms with Crippen molar-refractivity contribution in [3.05, 3.63) is 0 Å². The van der Waals surface area contributed by atoms with Crippen LogP contribution in [0.4, 0.5) is 0 Å². The normalized spacial score (nSPS) is 39.0. The molecule has 94 valence electrons. The first-order valence-electron chi connectivity index (χ1n) is 7.30. The highest BCUT2D eigenvalue weighted by Gasteiger charge is 2.30. The van der Waals surface area contributed by atoms with Crippen LogP contribution >= 0.6 is 0 Å². The highest BCUT2D eigenvalue weighted by molar-refractivity contribution is 4.88. The number of rotatable bonds is 1. The minimum atomic E-state index is 0.431. The van der Waals surface area contributed by atoms with Crippen molar-refractivity contribution >= 4 is 0 Å². The summed E-state index contributed by atoms with van der Waals surface area (Å²) in [6, 6.07) is 1.88. The molecular formula is C14H28N2. The van der Waals surface area contributed by atoms with Crippen LogP contribution in [0.15, 0.2) is 0 Å². The van der Waals surface area contributed by atoms with Crippen molar-refractivity contribution in [2.45, 2.75) is 82.8 Å². The molecule has 1 saturated heterocycles. The Morgan fingerprint density at radius 3 is 2.31 bits per heavy atom. The van der Waals surface area contributed by atoms with Crippen LogP contribution in [0, 0.1) is 0 Å². The number of hydrogen-bond acceptors (Lipinski definition) is 2. The van der Waals surface area contributed by atoms with Gasteiger partial charge in [0.05, 0.1) is 0 Å². The second-order valence-corrected chi connectivity index (χ2v) is 5.81. The van der Waals surface area contributed by atoms with E-state index in [1.54, 1.807) is 0 Å². The van der Waals surface area contributed by atoms with E-state index in [1.165, 1.54) is 64.3 Å². The zero-order valence-electron chi connectivity index (χ0n) is 10.8. The second-order valence-electron chi connectivity index (χ2n) is 5.81.